The summed E-state index contributed by atoms with van der Waals surface area (Å²) in [7, 11) is 2.94. The van der Waals surface area contributed by atoms with Crippen LogP contribution < -0.4 is 15.4 Å². The van der Waals surface area contributed by atoms with Crippen LogP contribution in [0.1, 0.15) is 12.8 Å². The maximum Gasteiger partial charge on any atom is 0.332 e. The molecule has 1 unspecified atom stereocenters. The second kappa shape index (κ2) is 8.77. The smallest absolute Gasteiger partial charge is 0.332 e. The average Bonchev–Trinajstić information content (AvgIpc) is 3.20. The number of benzene rings is 2. The van der Waals surface area contributed by atoms with Crippen LogP contribution in [0.2, 0.25) is 0 Å². The Morgan fingerprint density at radius 3 is 2.50 bits per heavy atom. The number of carboxylic acids is 1. The van der Waals surface area contributed by atoms with E-state index in [0.717, 1.165) is 5.56 Å². The van der Waals surface area contributed by atoms with E-state index in [9.17, 15) is 23.9 Å². The number of halogens is 1. The number of ether oxygens (including phenoxy) is 1. The van der Waals surface area contributed by atoms with Crippen molar-refractivity contribution in [2.45, 2.75) is 12.8 Å². The summed E-state index contributed by atoms with van der Waals surface area (Å²) >= 11 is 0. The van der Waals surface area contributed by atoms with Gasteiger partial charge in [-0.15, -0.1) is 0 Å². The van der Waals surface area contributed by atoms with Gasteiger partial charge < -0.3 is 20.5 Å². The summed E-state index contributed by atoms with van der Waals surface area (Å²) in [6, 6.07) is 11.4. The molecule has 7 nitrogen and oxygen atoms in total. The number of amides is 2. The second-order valence-corrected chi connectivity index (χ2v) is 6.78. The zero-order valence-electron chi connectivity index (χ0n) is 16.5. The van der Waals surface area contributed by atoms with Gasteiger partial charge in [0, 0.05) is 12.6 Å². The van der Waals surface area contributed by atoms with E-state index >= 15 is 0 Å². The first-order chi connectivity index (χ1) is 14.3. The molecule has 0 fully saturated rings. The zero-order chi connectivity index (χ0) is 21.8. The molecule has 2 amide bonds. The van der Waals surface area contributed by atoms with Gasteiger partial charge in [-0.25, -0.2) is 9.18 Å². The minimum Gasteiger partial charge on any atom is -0.497 e. The summed E-state index contributed by atoms with van der Waals surface area (Å²) in [5.41, 5.74) is 0.988. The maximum atomic E-state index is 14.6. The molecule has 0 spiro atoms. The van der Waals surface area contributed by atoms with Crippen LogP contribution in [0.5, 0.6) is 5.75 Å². The number of aliphatic carboxylic acids is 1. The first-order valence-electron chi connectivity index (χ1n) is 9.29. The van der Waals surface area contributed by atoms with Crippen LogP contribution in [0.15, 0.2) is 53.6 Å². The number of hydrogen-bond acceptors (Lipinski definition) is 4. The molecule has 0 saturated carbocycles. The molecule has 2 aromatic carbocycles. The van der Waals surface area contributed by atoms with Crippen molar-refractivity contribution in [2.75, 3.05) is 19.5 Å². The van der Waals surface area contributed by atoms with Gasteiger partial charge in [-0.2, -0.15) is 0 Å². The lowest BCUT2D eigenvalue weighted by atomic mass is 9.99. The van der Waals surface area contributed by atoms with Gasteiger partial charge in [0.1, 0.15) is 11.6 Å². The van der Waals surface area contributed by atoms with Gasteiger partial charge >= 0.3 is 5.97 Å². The summed E-state index contributed by atoms with van der Waals surface area (Å²) in [6.07, 6.45) is 0.330. The van der Waals surface area contributed by atoms with E-state index in [1.165, 1.54) is 26.3 Å². The highest BCUT2D eigenvalue weighted by Gasteiger charge is 2.37. The van der Waals surface area contributed by atoms with E-state index in [1.807, 2.05) is 0 Å². The third kappa shape index (κ3) is 4.17. The van der Waals surface area contributed by atoms with Crippen LogP contribution >= 0.6 is 0 Å². The number of carbonyl (C=O) groups excluding carboxylic acids is 2. The Labute approximate surface area is 172 Å². The molecule has 0 heterocycles. The minimum atomic E-state index is -1.33. The summed E-state index contributed by atoms with van der Waals surface area (Å²) in [4.78, 5) is 36.2. The summed E-state index contributed by atoms with van der Waals surface area (Å²) in [5.74, 6) is -3.48. The van der Waals surface area contributed by atoms with Crippen molar-refractivity contribution >= 4 is 23.5 Å². The van der Waals surface area contributed by atoms with Gasteiger partial charge in [0.05, 0.1) is 24.3 Å². The molecule has 0 saturated heterocycles. The predicted molar refractivity (Wildman–Crippen MR) is 108 cm³/mol. The largest absolute Gasteiger partial charge is 0.497 e. The topological polar surface area (TPSA) is 105 Å². The fourth-order valence-electron chi connectivity index (χ4n) is 3.52. The molecule has 0 radical (unpaired) electrons. The summed E-state index contributed by atoms with van der Waals surface area (Å²) in [6.45, 7) is 0. The standard InChI is InChI=1S/C22H21FN2O5/c1-24-20(26)15-7-8-16(19(15)22(28)29)21(27)25-18-9-6-13(11-17(18)23)12-4-3-5-14(10-12)30-2/h3-6,9-11,15H,7-8H2,1-2H3,(H,24,26)(H,25,27)(H,28,29). The average molecular weight is 412 g/mol. The molecular weight excluding hydrogens is 391 g/mol. The number of hydrogen-bond donors (Lipinski definition) is 3. The van der Waals surface area contributed by atoms with Crippen LogP contribution in [0.3, 0.4) is 0 Å². The molecule has 2 aromatic rings. The molecule has 0 aliphatic heterocycles. The van der Waals surface area contributed by atoms with Crippen molar-refractivity contribution < 1.29 is 28.6 Å². The van der Waals surface area contributed by atoms with Crippen molar-refractivity contribution in [3.63, 3.8) is 0 Å². The normalized spacial score (nSPS) is 15.6. The van der Waals surface area contributed by atoms with Gasteiger partial charge in [-0.05, 0) is 48.2 Å². The van der Waals surface area contributed by atoms with E-state index in [0.29, 0.717) is 11.3 Å². The molecule has 1 atom stereocenters. The Morgan fingerprint density at radius 2 is 1.87 bits per heavy atom. The van der Waals surface area contributed by atoms with Gasteiger partial charge in [0.25, 0.3) is 5.91 Å². The van der Waals surface area contributed by atoms with Crippen LogP contribution in [-0.2, 0) is 14.4 Å². The molecular formula is C22H21FN2O5. The highest BCUT2D eigenvalue weighted by atomic mass is 19.1. The van der Waals surface area contributed by atoms with Gasteiger partial charge in [0.15, 0.2) is 0 Å². The zero-order valence-corrected chi connectivity index (χ0v) is 16.5. The van der Waals surface area contributed by atoms with E-state index in [4.69, 9.17) is 4.74 Å². The fraction of sp³-hybridized carbons (Fsp3) is 0.227. The highest BCUT2D eigenvalue weighted by molar-refractivity contribution is 6.11. The second-order valence-electron chi connectivity index (χ2n) is 6.78. The number of carbonyl (C=O) groups is 3. The number of carboxylic acid groups (broad SMARTS) is 1. The SMILES string of the molecule is CNC(=O)C1CCC(C(=O)Nc2ccc(-c3cccc(OC)c3)cc2F)=C1C(=O)O. The molecule has 30 heavy (non-hydrogen) atoms. The number of methoxy groups -OCH3 is 1. The van der Waals surface area contributed by atoms with Crippen molar-refractivity contribution in [3.8, 4) is 16.9 Å². The Morgan fingerprint density at radius 1 is 1.13 bits per heavy atom. The molecule has 156 valence electrons. The molecule has 8 heteroatoms. The first kappa shape index (κ1) is 21.0. The van der Waals surface area contributed by atoms with Gasteiger partial charge in [-0.3, -0.25) is 9.59 Å². The van der Waals surface area contributed by atoms with Crippen molar-refractivity contribution in [1.29, 1.82) is 0 Å². The monoisotopic (exact) mass is 412 g/mol. The van der Waals surface area contributed by atoms with Crippen molar-refractivity contribution in [1.82, 2.24) is 5.32 Å². The van der Waals surface area contributed by atoms with Crippen LogP contribution in [0.4, 0.5) is 10.1 Å². The summed E-state index contributed by atoms with van der Waals surface area (Å²) in [5, 5.41) is 14.3. The van der Waals surface area contributed by atoms with E-state index in [1.54, 1.807) is 30.3 Å². The number of rotatable bonds is 6. The molecule has 3 N–H and O–H groups in total. The van der Waals surface area contributed by atoms with Crippen molar-refractivity contribution in [3.05, 3.63) is 59.4 Å². The maximum absolute atomic E-state index is 14.6. The van der Waals surface area contributed by atoms with E-state index in [2.05, 4.69) is 10.6 Å². The lowest BCUT2D eigenvalue weighted by molar-refractivity contribution is -0.135. The van der Waals surface area contributed by atoms with Crippen LogP contribution in [0, 0.1) is 11.7 Å². The van der Waals surface area contributed by atoms with Gasteiger partial charge in [0.2, 0.25) is 5.91 Å². The lowest BCUT2D eigenvalue weighted by Crippen LogP contribution is -2.30. The molecule has 0 aromatic heterocycles. The molecule has 0 bridgehead atoms. The molecule has 1 aliphatic rings. The Hall–Kier alpha value is -3.68. The molecule has 3 rings (SSSR count). The van der Waals surface area contributed by atoms with Crippen LogP contribution in [0.25, 0.3) is 11.1 Å². The third-order valence-corrected chi connectivity index (χ3v) is 5.04. The Balaban J connectivity index is 1.85. The Kier molecular flexibility index (Phi) is 6.15. The van der Waals surface area contributed by atoms with Crippen molar-refractivity contribution in [2.24, 2.45) is 5.92 Å². The van der Waals surface area contributed by atoms with E-state index in [-0.39, 0.29) is 29.7 Å². The van der Waals surface area contributed by atoms with Crippen LogP contribution in [-0.4, -0.2) is 37.0 Å². The van der Waals surface area contributed by atoms with Gasteiger partial charge in [-0.1, -0.05) is 18.2 Å². The highest BCUT2D eigenvalue weighted by Crippen LogP contribution is 2.34. The Bertz CT molecular complexity index is 1050. The predicted octanol–water partition coefficient (Wildman–Crippen LogP) is 2.98. The quantitative estimate of drug-likeness (QED) is 0.677. The lowest BCUT2D eigenvalue weighted by Gasteiger charge is -2.12. The summed E-state index contributed by atoms with van der Waals surface area (Å²) < 4.78 is 19.8. The molecule has 1 aliphatic carbocycles. The third-order valence-electron chi connectivity index (χ3n) is 5.04. The minimum absolute atomic E-state index is 0.0210. The number of nitrogens with one attached hydrogen (secondary N) is 2. The number of anilines is 1. The fourth-order valence-corrected chi connectivity index (χ4v) is 3.52. The van der Waals surface area contributed by atoms with E-state index < -0.39 is 29.5 Å². The first-order valence-corrected chi connectivity index (χ1v) is 9.29.